The van der Waals surface area contributed by atoms with Crippen molar-refractivity contribution < 1.29 is 28.6 Å². The molecule has 0 spiro atoms. The van der Waals surface area contributed by atoms with Crippen LogP contribution in [-0.2, 0) is 11.4 Å². The van der Waals surface area contributed by atoms with Crippen molar-refractivity contribution >= 4 is 28.3 Å². The Hall–Kier alpha value is -4.12. The molecule has 2 fully saturated rings. The maximum absolute atomic E-state index is 15.6. The fourth-order valence-corrected chi connectivity index (χ4v) is 4.86. The average Bonchev–Trinajstić information content (AvgIpc) is 3.75. The number of carbonyl (C=O) groups is 1. The van der Waals surface area contributed by atoms with Crippen LogP contribution in [-0.4, -0.2) is 54.7 Å². The van der Waals surface area contributed by atoms with Crippen molar-refractivity contribution in [3.8, 4) is 11.5 Å². The van der Waals surface area contributed by atoms with Crippen LogP contribution >= 0.6 is 0 Å². The van der Waals surface area contributed by atoms with Crippen LogP contribution in [0.1, 0.15) is 41.2 Å². The summed E-state index contributed by atoms with van der Waals surface area (Å²) in [4.78, 5) is 31.9. The Morgan fingerprint density at radius 3 is 2.68 bits per heavy atom. The summed E-state index contributed by atoms with van der Waals surface area (Å²) in [5.41, 5.74) is 7.38. The topological polar surface area (TPSA) is 129 Å². The zero-order valence-electron chi connectivity index (χ0n) is 21.1. The SMILES string of the molecule is COc1cccc(CO/N=C2\CCN(c3c(F)cc4c(=O)c(C(=O)O)cn(C5CC5)c4c3OC)CC2N)c1. The van der Waals surface area contributed by atoms with E-state index in [2.05, 4.69) is 5.16 Å². The second-order valence-electron chi connectivity index (χ2n) is 9.46. The van der Waals surface area contributed by atoms with E-state index in [0.717, 1.165) is 30.2 Å². The van der Waals surface area contributed by atoms with Crippen LogP contribution in [0.5, 0.6) is 11.5 Å². The Bertz CT molecular complexity index is 1480. The number of nitrogens with zero attached hydrogens (tertiary/aromatic N) is 3. The van der Waals surface area contributed by atoms with Crippen molar-refractivity contribution in [2.24, 2.45) is 10.9 Å². The summed E-state index contributed by atoms with van der Waals surface area (Å²) in [5.74, 6) is -1.13. The first kappa shape index (κ1) is 25.5. The van der Waals surface area contributed by atoms with Gasteiger partial charge in [0, 0.05) is 31.7 Å². The highest BCUT2D eigenvalue weighted by Crippen LogP contribution is 2.44. The lowest BCUT2D eigenvalue weighted by atomic mass is 10.0. The van der Waals surface area contributed by atoms with E-state index < -0.39 is 28.8 Å². The highest BCUT2D eigenvalue weighted by molar-refractivity contribution is 5.98. The van der Waals surface area contributed by atoms with Crippen LogP contribution in [0.2, 0.25) is 0 Å². The summed E-state index contributed by atoms with van der Waals surface area (Å²) in [6.45, 7) is 0.900. The number of methoxy groups -OCH3 is 2. The zero-order valence-corrected chi connectivity index (χ0v) is 21.1. The van der Waals surface area contributed by atoms with Gasteiger partial charge in [-0.1, -0.05) is 17.3 Å². The molecule has 1 aromatic heterocycles. The Kier molecular flexibility index (Phi) is 6.94. The van der Waals surface area contributed by atoms with Gasteiger partial charge in [-0.05, 0) is 36.6 Å². The van der Waals surface area contributed by atoms with Gasteiger partial charge in [-0.15, -0.1) is 0 Å². The number of halogens is 1. The quantitative estimate of drug-likeness (QED) is 0.430. The van der Waals surface area contributed by atoms with E-state index in [-0.39, 0.29) is 36.0 Å². The van der Waals surface area contributed by atoms with Gasteiger partial charge >= 0.3 is 5.97 Å². The van der Waals surface area contributed by atoms with Crippen molar-refractivity contribution in [1.29, 1.82) is 0 Å². The number of aromatic nitrogens is 1. The standard InChI is InChI=1S/C27H29FN4O6/c1-36-17-5-3-4-15(10-17)14-38-30-22-8-9-31(13-21(22)29)24-20(28)11-18-23(26(24)37-2)32(16-6-7-16)12-19(25(18)33)27(34)35/h3-5,10-12,16,21H,6-9,13-14,29H2,1-2H3,(H,34,35)/b30-22+. The maximum Gasteiger partial charge on any atom is 0.341 e. The van der Waals surface area contributed by atoms with E-state index in [0.29, 0.717) is 24.2 Å². The molecule has 1 saturated heterocycles. The molecule has 1 aliphatic heterocycles. The minimum absolute atomic E-state index is 0.0208. The first-order valence-corrected chi connectivity index (χ1v) is 12.3. The van der Waals surface area contributed by atoms with E-state index in [1.807, 2.05) is 24.3 Å². The summed E-state index contributed by atoms with van der Waals surface area (Å²) in [6, 6.07) is 8.08. The van der Waals surface area contributed by atoms with Gasteiger partial charge < -0.3 is 34.6 Å². The third kappa shape index (κ3) is 4.76. The van der Waals surface area contributed by atoms with Crippen molar-refractivity contribution in [2.75, 3.05) is 32.2 Å². The van der Waals surface area contributed by atoms with Crippen LogP contribution in [0.25, 0.3) is 10.9 Å². The van der Waals surface area contributed by atoms with Gasteiger partial charge in [0.1, 0.15) is 23.6 Å². The molecule has 11 heteroatoms. The molecule has 0 amide bonds. The predicted molar refractivity (Wildman–Crippen MR) is 140 cm³/mol. The number of aromatic carboxylic acids is 1. The number of ether oxygens (including phenoxy) is 2. The maximum atomic E-state index is 15.6. The molecule has 2 heterocycles. The van der Waals surface area contributed by atoms with Crippen molar-refractivity contribution in [2.45, 2.75) is 38.0 Å². The van der Waals surface area contributed by atoms with Crippen molar-refractivity contribution in [1.82, 2.24) is 4.57 Å². The highest BCUT2D eigenvalue weighted by atomic mass is 19.1. The Balaban J connectivity index is 1.43. The number of rotatable bonds is 8. The summed E-state index contributed by atoms with van der Waals surface area (Å²) >= 11 is 0. The number of carboxylic acids is 1. The molecule has 2 aromatic carbocycles. The second-order valence-corrected chi connectivity index (χ2v) is 9.46. The van der Waals surface area contributed by atoms with Gasteiger partial charge in [0.25, 0.3) is 0 Å². The molecule has 5 rings (SSSR count). The van der Waals surface area contributed by atoms with Gasteiger partial charge in [0.05, 0.1) is 36.9 Å². The van der Waals surface area contributed by atoms with Crippen LogP contribution in [0.15, 0.2) is 46.5 Å². The van der Waals surface area contributed by atoms with Crippen LogP contribution in [0, 0.1) is 5.82 Å². The summed E-state index contributed by atoms with van der Waals surface area (Å²) in [7, 11) is 3.01. The number of pyridine rings is 1. The van der Waals surface area contributed by atoms with E-state index in [9.17, 15) is 14.7 Å². The molecule has 2 aliphatic rings. The molecule has 1 saturated carbocycles. The van der Waals surface area contributed by atoms with E-state index in [4.69, 9.17) is 20.0 Å². The normalized spacial score (nSPS) is 18.6. The summed E-state index contributed by atoms with van der Waals surface area (Å²) < 4.78 is 28.2. The molecule has 0 radical (unpaired) electrons. The first-order valence-electron chi connectivity index (χ1n) is 12.3. The predicted octanol–water partition coefficient (Wildman–Crippen LogP) is 3.30. The zero-order chi connectivity index (χ0) is 27.0. The Morgan fingerprint density at radius 1 is 1.24 bits per heavy atom. The summed E-state index contributed by atoms with van der Waals surface area (Å²) in [5, 5.41) is 13.7. The van der Waals surface area contributed by atoms with Gasteiger partial charge in [0.15, 0.2) is 11.6 Å². The molecule has 10 nitrogen and oxygen atoms in total. The molecule has 38 heavy (non-hydrogen) atoms. The number of piperidine rings is 1. The van der Waals surface area contributed by atoms with Crippen LogP contribution < -0.4 is 25.5 Å². The number of benzene rings is 2. The first-order chi connectivity index (χ1) is 18.3. The Morgan fingerprint density at radius 2 is 2.03 bits per heavy atom. The lowest BCUT2D eigenvalue weighted by Gasteiger charge is -2.34. The van der Waals surface area contributed by atoms with Crippen molar-refractivity contribution in [3.63, 3.8) is 0 Å². The smallest absolute Gasteiger partial charge is 0.341 e. The Labute approximate surface area is 218 Å². The molecule has 0 bridgehead atoms. The van der Waals surface area contributed by atoms with E-state index >= 15 is 4.39 Å². The molecule has 3 aromatic rings. The number of fused-ring (bicyclic) bond motifs is 1. The molecule has 200 valence electrons. The van der Waals surface area contributed by atoms with Gasteiger partial charge in [-0.3, -0.25) is 4.79 Å². The van der Waals surface area contributed by atoms with Gasteiger partial charge in [0.2, 0.25) is 5.43 Å². The number of nitrogens with two attached hydrogens (primary N) is 1. The largest absolute Gasteiger partial charge is 0.497 e. The van der Waals surface area contributed by atoms with Crippen molar-refractivity contribution in [3.05, 3.63) is 63.7 Å². The molecular weight excluding hydrogens is 495 g/mol. The average molecular weight is 525 g/mol. The fourth-order valence-electron chi connectivity index (χ4n) is 4.86. The lowest BCUT2D eigenvalue weighted by Crippen LogP contribution is -2.49. The van der Waals surface area contributed by atoms with E-state index in [1.54, 1.807) is 16.6 Å². The molecule has 1 aliphatic carbocycles. The van der Waals surface area contributed by atoms with Crippen LogP contribution in [0.4, 0.5) is 10.1 Å². The van der Waals surface area contributed by atoms with Gasteiger partial charge in [-0.25, -0.2) is 9.18 Å². The van der Waals surface area contributed by atoms with E-state index in [1.165, 1.54) is 13.3 Å². The lowest BCUT2D eigenvalue weighted by molar-refractivity contribution is 0.0694. The van der Waals surface area contributed by atoms with Crippen LogP contribution in [0.3, 0.4) is 0 Å². The highest BCUT2D eigenvalue weighted by Gasteiger charge is 2.33. The molecular formula is C27H29FN4O6. The molecule has 1 unspecified atom stereocenters. The number of hydrogen-bond donors (Lipinski definition) is 2. The second kappa shape index (κ2) is 10.3. The molecule has 1 atom stereocenters. The third-order valence-corrected chi connectivity index (χ3v) is 6.92. The number of oxime groups is 1. The minimum atomic E-state index is -1.35. The number of anilines is 1. The minimum Gasteiger partial charge on any atom is -0.497 e. The third-order valence-electron chi connectivity index (χ3n) is 6.92. The number of hydrogen-bond acceptors (Lipinski definition) is 8. The number of carboxylic acid groups (broad SMARTS) is 1. The molecule has 3 N–H and O–H groups in total. The van der Waals surface area contributed by atoms with Gasteiger partial charge in [-0.2, -0.15) is 0 Å². The summed E-state index contributed by atoms with van der Waals surface area (Å²) in [6.07, 6.45) is 3.43. The monoisotopic (exact) mass is 524 g/mol. The fraction of sp³-hybridized carbons (Fsp3) is 0.370.